The second-order valence-corrected chi connectivity index (χ2v) is 7.48. The third kappa shape index (κ3) is 3.75. The Morgan fingerprint density at radius 1 is 1.23 bits per heavy atom. The molecule has 0 aromatic carbocycles. The largest absolute Gasteiger partial charge is 0.383 e. The smallest absolute Gasteiger partial charge is 0.320 e. The van der Waals surface area contributed by atoms with Crippen LogP contribution in [0.2, 0.25) is 0 Å². The Hall–Kier alpha value is -1.67. The number of nitrogens with one attached hydrogen (secondary N) is 2. The molecule has 3 N–H and O–H groups in total. The number of thiophene rings is 3. The van der Waals surface area contributed by atoms with E-state index in [4.69, 9.17) is 0 Å². The molecule has 3 heterocycles. The van der Waals surface area contributed by atoms with Gasteiger partial charge in [-0.15, -0.1) is 22.7 Å². The zero-order chi connectivity index (χ0) is 15.4. The Morgan fingerprint density at radius 3 is 2.86 bits per heavy atom. The Bertz CT molecular complexity index is 720. The molecule has 0 bridgehead atoms. The van der Waals surface area contributed by atoms with Crippen LogP contribution in [0.15, 0.2) is 46.5 Å². The average molecular weight is 350 g/mol. The lowest BCUT2D eigenvalue weighted by Gasteiger charge is -2.06. The summed E-state index contributed by atoms with van der Waals surface area (Å²) in [4.78, 5) is 13.6. The van der Waals surface area contributed by atoms with E-state index in [9.17, 15) is 9.90 Å². The van der Waals surface area contributed by atoms with Gasteiger partial charge in [0.05, 0.1) is 11.5 Å². The quantitative estimate of drug-likeness (QED) is 0.643. The van der Waals surface area contributed by atoms with Crippen molar-refractivity contribution in [1.82, 2.24) is 5.32 Å². The first-order chi connectivity index (χ1) is 10.7. The van der Waals surface area contributed by atoms with Crippen LogP contribution in [0.4, 0.5) is 9.80 Å². The molecule has 0 saturated carbocycles. The number of rotatable bonds is 5. The number of carbonyl (C=O) groups is 1. The lowest BCUT2D eigenvalue weighted by molar-refractivity contribution is 0.224. The van der Waals surface area contributed by atoms with Gasteiger partial charge in [0, 0.05) is 9.75 Å². The number of aliphatic hydroxyl groups excluding tert-OH is 1. The summed E-state index contributed by atoms with van der Waals surface area (Å²) in [5.41, 5.74) is 0.904. The molecule has 3 aromatic rings. The number of hydrogen-bond acceptors (Lipinski definition) is 5. The van der Waals surface area contributed by atoms with Gasteiger partial charge in [-0.05, 0) is 52.0 Å². The molecular weight excluding hydrogens is 336 g/mol. The Kier molecular flexibility index (Phi) is 4.89. The van der Waals surface area contributed by atoms with E-state index < -0.39 is 6.10 Å². The van der Waals surface area contributed by atoms with Crippen molar-refractivity contribution in [2.24, 2.45) is 0 Å². The van der Waals surface area contributed by atoms with Crippen LogP contribution in [0.3, 0.4) is 0 Å². The summed E-state index contributed by atoms with van der Waals surface area (Å²) in [6, 6.07) is 9.27. The Balaban J connectivity index is 1.54. The molecule has 0 saturated heterocycles. The van der Waals surface area contributed by atoms with Crippen molar-refractivity contribution in [1.29, 1.82) is 0 Å². The van der Waals surface area contributed by atoms with E-state index in [1.165, 1.54) is 22.7 Å². The zero-order valence-corrected chi connectivity index (χ0v) is 13.9. The number of hydrogen-bond donors (Lipinski definition) is 3. The summed E-state index contributed by atoms with van der Waals surface area (Å²) in [7, 11) is 0. The molecule has 0 radical (unpaired) electrons. The van der Waals surface area contributed by atoms with Gasteiger partial charge in [-0.3, -0.25) is 5.32 Å². The molecule has 3 rings (SSSR count). The van der Waals surface area contributed by atoms with E-state index in [0.717, 1.165) is 20.3 Å². The van der Waals surface area contributed by atoms with E-state index in [0.29, 0.717) is 6.54 Å². The predicted molar refractivity (Wildman–Crippen MR) is 92.9 cm³/mol. The summed E-state index contributed by atoms with van der Waals surface area (Å²) >= 11 is 4.55. The van der Waals surface area contributed by atoms with Crippen LogP contribution >= 0.6 is 34.0 Å². The minimum atomic E-state index is -0.593. The lowest BCUT2D eigenvalue weighted by atomic mass is 10.2. The third-order valence-electron chi connectivity index (χ3n) is 2.99. The highest BCUT2D eigenvalue weighted by Gasteiger charge is 2.13. The summed E-state index contributed by atoms with van der Waals surface area (Å²) < 4.78 is 0. The van der Waals surface area contributed by atoms with Crippen LogP contribution in [0.5, 0.6) is 0 Å². The van der Waals surface area contributed by atoms with Crippen molar-refractivity contribution in [3.63, 3.8) is 0 Å². The van der Waals surface area contributed by atoms with Crippen molar-refractivity contribution < 1.29 is 9.90 Å². The summed E-state index contributed by atoms with van der Waals surface area (Å²) in [6.07, 6.45) is -0.593. The fourth-order valence-electron chi connectivity index (χ4n) is 1.90. The molecule has 0 aliphatic heterocycles. The normalized spacial score (nSPS) is 12.0. The van der Waals surface area contributed by atoms with E-state index >= 15 is 0 Å². The van der Waals surface area contributed by atoms with Crippen LogP contribution in [0, 0.1) is 0 Å². The van der Waals surface area contributed by atoms with Gasteiger partial charge in [0.15, 0.2) is 0 Å². The highest BCUT2D eigenvalue weighted by molar-refractivity contribution is 7.14. The number of amides is 2. The summed E-state index contributed by atoms with van der Waals surface area (Å²) in [5, 5.41) is 22.5. The first-order valence-corrected chi connectivity index (χ1v) is 9.23. The van der Waals surface area contributed by atoms with Gasteiger partial charge in [0.25, 0.3) is 0 Å². The van der Waals surface area contributed by atoms with Crippen LogP contribution in [0.25, 0.3) is 0 Å². The van der Waals surface area contributed by atoms with Gasteiger partial charge in [-0.25, -0.2) is 4.79 Å². The lowest BCUT2D eigenvalue weighted by Crippen LogP contribution is -2.27. The summed E-state index contributed by atoms with van der Waals surface area (Å²) in [5.74, 6) is 0. The molecule has 22 heavy (non-hydrogen) atoms. The number of urea groups is 1. The minimum Gasteiger partial charge on any atom is -0.383 e. The number of carbonyl (C=O) groups excluding carboxylic acids is 1. The van der Waals surface area contributed by atoms with E-state index in [1.807, 2.05) is 46.5 Å². The van der Waals surface area contributed by atoms with Gasteiger partial charge in [-0.1, -0.05) is 0 Å². The number of aliphatic hydroxyl groups is 1. The van der Waals surface area contributed by atoms with Crippen molar-refractivity contribution >= 4 is 45.0 Å². The molecular formula is C15H14N2O2S3. The average Bonchev–Trinajstić information content (AvgIpc) is 3.26. The monoisotopic (exact) mass is 350 g/mol. The van der Waals surface area contributed by atoms with Crippen LogP contribution in [-0.4, -0.2) is 11.1 Å². The SMILES string of the molecule is O=C(NCc1ccc(C(O)c2ccsc2)s1)Nc1cccs1. The molecule has 1 atom stereocenters. The fraction of sp³-hybridized carbons (Fsp3) is 0.133. The highest BCUT2D eigenvalue weighted by atomic mass is 32.1. The predicted octanol–water partition coefficient (Wildman–Crippen LogP) is 4.27. The second kappa shape index (κ2) is 7.06. The second-order valence-electron chi connectivity index (χ2n) is 4.55. The number of anilines is 1. The fourth-order valence-corrected chi connectivity index (χ4v) is 4.16. The van der Waals surface area contributed by atoms with Gasteiger partial charge in [0.1, 0.15) is 6.10 Å². The van der Waals surface area contributed by atoms with Gasteiger partial charge >= 0.3 is 6.03 Å². The Morgan fingerprint density at radius 2 is 2.14 bits per heavy atom. The van der Waals surface area contributed by atoms with E-state index in [-0.39, 0.29) is 6.03 Å². The van der Waals surface area contributed by atoms with Crippen molar-refractivity contribution in [2.45, 2.75) is 12.6 Å². The molecule has 0 spiro atoms. The Labute approximate surface area is 140 Å². The topological polar surface area (TPSA) is 61.4 Å². The molecule has 0 fully saturated rings. The molecule has 3 aromatic heterocycles. The molecule has 0 aliphatic rings. The molecule has 1 unspecified atom stereocenters. The standard InChI is InChI=1S/C15H14N2O2S3/c18-14(10-5-7-20-9-10)12-4-3-11(22-12)8-16-15(19)17-13-2-1-6-21-13/h1-7,9,14,18H,8H2,(H2,16,17,19). The van der Waals surface area contributed by atoms with Crippen LogP contribution in [0.1, 0.15) is 21.4 Å². The van der Waals surface area contributed by atoms with Crippen LogP contribution < -0.4 is 10.6 Å². The van der Waals surface area contributed by atoms with Crippen LogP contribution in [-0.2, 0) is 6.54 Å². The van der Waals surface area contributed by atoms with Gasteiger partial charge < -0.3 is 10.4 Å². The minimum absolute atomic E-state index is 0.226. The maximum absolute atomic E-state index is 11.8. The maximum Gasteiger partial charge on any atom is 0.320 e. The van der Waals surface area contributed by atoms with E-state index in [2.05, 4.69) is 10.6 Å². The molecule has 4 nitrogen and oxygen atoms in total. The van der Waals surface area contributed by atoms with Crippen molar-refractivity contribution in [3.05, 3.63) is 61.8 Å². The molecule has 0 aliphatic carbocycles. The summed E-state index contributed by atoms with van der Waals surface area (Å²) in [6.45, 7) is 0.443. The maximum atomic E-state index is 11.8. The molecule has 7 heteroatoms. The molecule has 2 amide bonds. The first-order valence-electron chi connectivity index (χ1n) is 6.59. The van der Waals surface area contributed by atoms with Gasteiger partial charge in [-0.2, -0.15) is 11.3 Å². The van der Waals surface area contributed by atoms with Crippen molar-refractivity contribution in [3.8, 4) is 0 Å². The first kappa shape index (κ1) is 15.2. The van der Waals surface area contributed by atoms with E-state index in [1.54, 1.807) is 11.3 Å². The van der Waals surface area contributed by atoms with Gasteiger partial charge in [0.2, 0.25) is 0 Å². The zero-order valence-electron chi connectivity index (χ0n) is 11.5. The highest BCUT2D eigenvalue weighted by Crippen LogP contribution is 2.29. The molecule has 114 valence electrons. The van der Waals surface area contributed by atoms with Crippen molar-refractivity contribution in [2.75, 3.05) is 5.32 Å². The third-order valence-corrected chi connectivity index (χ3v) is 5.62.